The highest BCUT2D eigenvalue weighted by molar-refractivity contribution is 5.15. The van der Waals surface area contributed by atoms with E-state index >= 15 is 0 Å². The van der Waals surface area contributed by atoms with Crippen LogP contribution in [0.5, 0.6) is 0 Å². The topological polar surface area (TPSA) is 39.1 Å². The minimum absolute atomic E-state index is 0.139. The smallest absolute Gasteiger partial charge is 0.0746 e. The Labute approximate surface area is 120 Å². The van der Waals surface area contributed by atoms with Crippen molar-refractivity contribution in [1.29, 1.82) is 0 Å². The van der Waals surface area contributed by atoms with E-state index in [1.165, 1.54) is 11.1 Å². The summed E-state index contributed by atoms with van der Waals surface area (Å²) in [6.07, 6.45) is 4.00. The Kier molecular flexibility index (Phi) is 4.93. The van der Waals surface area contributed by atoms with Gasteiger partial charge in [-0.1, -0.05) is 30.3 Å². The molecule has 1 heterocycles. The summed E-state index contributed by atoms with van der Waals surface area (Å²) in [6, 6.07) is 10.4. The second kappa shape index (κ2) is 6.68. The summed E-state index contributed by atoms with van der Waals surface area (Å²) in [4.78, 5) is 0. The summed E-state index contributed by atoms with van der Waals surface area (Å²) in [5, 5.41) is 7.78. The Hall–Kier alpha value is -1.65. The molecule has 4 nitrogen and oxygen atoms in total. The van der Waals surface area contributed by atoms with E-state index in [1.54, 1.807) is 7.11 Å². The summed E-state index contributed by atoms with van der Waals surface area (Å²) in [6.45, 7) is 6.57. The predicted molar refractivity (Wildman–Crippen MR) is 80.6 cm³/mol. The van der Waals surface area contributed by atoms with Crippen LogP contribution in [0.2, 0.25) is 0 Å². The van der Waals surface area contributed by atoms with E-state index in [0.717, 1.165) is 19.6 Å². The molecule has 2 aromatic rings. The molecule has 0 amide bonds. The molecule has 0 spiro atoms. The van der Waals surface area contributed by atoms with Crippen molar-refractivity contribution >= 4 is 0 Å². The fourth-order valence-corrected chi connectivity index (χ4v) is 1.93. The van der Waals surface area contributed by atoms with Crippen molar-refractivity contribution in [3.63, 3.8) is 0 Å². The number of rotatable bonds is 7. The molecular formula is C16H23N3O. The van der Waals surface area contributed by atoms with E-state index in [0.29, 0.717) is 0 Å². The van der Waals surface area contributed by atoms with Crippen LogP contribution < -0.4 is 5.32 Å². The monoisotopic (exact) mass is 273 g/mol. The van der Waals surface area contributed by atoms with Crippen LogP contribution in [0.3, 0.4) is 0 Å². The molecule has 0 bridgehead atoms. The van der Waals surface area contributed by atoms with E-state index in [2.05, 4.69) is 42.6 Å². The molecule has 2 rings (SSSR count). The fraction of sp³-hybridized carbons (Fsp3) is 0.438. The number of hydrogen-bond donors (Lipinski definition) is 1. The average Bonchev–Trinajstić information content (AvgIpc) is 2.87. The lowest BCUT2D eigenvalue weighted by Gasteiger charge is -2.22. The van der Waals surface area contributed by atoms with Gasteiger partial charge in [0.25, 0.3) is 0 Å². The van der Waals surface area contributed by atoms with Crippen molar-refractivity contribution in [1.82, 2.24) is 15.1 Å². The van der Waals surface area contributed by atoms with Gasteiger partial charge < -0.3 is 10.1 Å². The van der Waals surface area contributed by atoms with Crippen LogP contribution in [0.1, 0.15) is 25.0 Å². The molecule has 0 aliphatic carbocycles. The Morgan fingerprint density at radius 3 is 2.65 bits per heavy atom. The molecule has 0 saturated heterocycles. The lowest BCUT2D eigenvalue weighted by atomic mass is 10.1. The van der Waals surface area contributed by atoms with Crippen LogP contribution in [-0.2, 0) is 17.8 Å². The lowest BCUT2D eigenvalue weighted by molar-refractivity contribution is 0.0230. The van der Waals surface area contributed by atoms with Crippen LogP contribution in [0.4, 0.5) is 0 Å². The van der Waals surface area contributed by atoms with E-state index in [9.17, 15) is 0 Å². The van der Waals surface area contributed by atoms with Crippen LogP contribution >= 0.6 is 0 Å². The largest absolute Gasteiger partial charge is 0.377 e. The number of nitrogens with zero attached hydrogens (tertiary/aromatic N) is 2. The summed E-state index contributed by atoms with van der Waals surface area (Å²) in [7, 11) is 1.74. The fourth-order valence-electron chi connectivity index (χ4n) is 1.93. The van der Waals surface area contributed by atoms with E-state index in [4.69, 9.17) is 4.74 Å². The highest BCUT2D eigenvalue weighted by atomic mass is 16.5. The lowest BCUT2D eigenvalue weighted by Crippen LogP contribution is -2.36. The predicted octanol–water partition coefficient (Wildman–Crippen LogP) is 2.45. The molecule has 20 heavy (non-hydrogen) atoms. The van der Waals surface area contributed by atoms with E-state index in [-0.39, 0.29) is 5.60 Å². The van der Waals surface area contributed by atoms with Crippen molar-refractivity contribution in [2.24, 2.45) is 0 Å². The second-order valence-corrected chi connectivity index (χ2v) is 5.60. The summed E-state index contributed by atoms with van der Waals surface area (Å²) in [5.41, 5.74) is 2.31. The van der Waals surface area contributed by atoms with Crippen LogP contribution in [0, 0.1) is 0 Å². The minimum Gasteiger partial charge on any atom is -0.377 e. The summed E-state index contributed by atoms with van der Waals surface area (Å²) < 4.78 is 7.34. The van der Waals surface area contributed by atoms with Crippen molar-refractivity contribution < 1.29 is 4.74 Å². The molecular weight excluding hydrogens is 250 g/mol. The van der Waals surface area contributed by atoms with Crippen molar-refractivity contribution in [2.75, 3.05) is 13.7 Å². The zero-order valence-electron chi connectivity index (χ0n) is 12.5. The van der Waals surface area contributed by atoms with Crippen molar-refractivity contribution in [3.05, 3.63) is 53.9 Å². The highest BCUT2D eigenvalue weighted by Gasteiger charge is 2.15. The molecule has 108 valence electrons. The Morgan fingerprint density at radius 1 is 1.20 bits per heavy atom. The Bertz CT molecular complexity index is 520. The highest BCUT2D eigenvalue weighted by Crippen LogP contribution is 2.07. The maximum atomic E-state index is 5.38. The maximum Gasteiger partial charge on any atom is 0.0746 e. The van der Waals surface area contributed by atoms with Gasteiger partial charge in [0.1, 0.15) is 0 Å². The first kappa shape index (κ1) is 14.8. The minimum atomic E-state index is -0.139. The van der Waals surface area contributed by atoms with Crippen LogP contribution in [0.25, 0.3) is 0 Å². The molecule has 0 unspecified atom stereocenters. The van der Waals surface area contributed by atoms with Crippen molar-refractivity contribution in [3.8, 4) is 0 Å². The van der Waals surface area contributed by atoms with Gasteiger partial charge in [-0.2, -0.15) is 5.10 Å². The van der Waals surface area contributed by atoms with Crippen LogP contribution in [0.15, 0.2) is 42.7 Å². The second-order valence-electron chi connectivity index (χ2n) is 5.60. The first-order valence-electron chi connectivity index (χ1n) is 6.90. The van der Waals surface area contributed by atoms with Gasteiger partial charge >= 0.3 is 0 Å². The Balaban J connectivity index is 1.84. The first-order chi connectivity index (χ1) is 9.59. The molecule has 0 radical (unpaired) electrons. The third-order valence-electron chi connectivity index (χ3n) is 3.31. The van der Waals surface area contributed by atoms with Gasteiger partial charge in [0.15, 0.2) is 0 Å². The quantitative estimate of drug-likeness (QED) is 0.842. The molecule has 0 atom stereocenters. The van der Waals surface area contributed by atoms with Crippen LogP contribution in [-0.4, -0.2) is 29.0 Å². The molecule has 1 aromatic heterocycles. The van der Waals surface area contributed by atoms with Gasteiger partial charge in [0.2, 0.25) is 0 Å². The Morgan fingerprint density at radius 2 is 1.95 bits per heavy atom. The number of benzene rings is 1. The third kappa shape index (κ3) is 4.47. The molecule has 0 aliphatic rings. The number of ether oxygens (including phenoxy) is 1. The normalized spacial score (nSPS) is 11.8. The molecule has 0 aliphatic heterocycles. The third-order valence-corrected chi connectivity index (χ3v) is 3.31. The standard InChI is InChI=1S/C16H23N3O/c1-16(2,20-3)13-17-9-15-10-18-19(12-15)11-14-7-5-4-6-8-14/h4-8,10,12,17H,9,11,13H2,1-3H3. The molecule has 0 fully saturated rings. The van der Waals surface area contributed by atoms with Gasteiger partial charge in [-0.05, 0) is 19.4 Å². The van der Waals surface area contributed by atoms with Gasteiger partial charge in [0.05, 0.1) is 18.3 Å². The zero-order chi connectivity index (χ0) is 14.4. The SMILES string of the molecule is COC(C)(C)CNCc1cnn(Cc2ccccc2)c1. The van der Waals surface area contributed by atoms with Gasteiger partial charge in [-0.3, -0.25) is 4.68 Å². The van der Waals surface area contributed by atoms with E-state index in [1.807, 2.05) is 29.1 Å². The number of aromatic nitrogens is 2. The molecule has 4 heteroatoms. The first-order valence-corrected chi connectivity index (χ1v) is 6.90. The van der Waals surface area contributed by atoms with Crippen molar-refractivity contribution in [2.45, 2.75) is 32.5 Å². The summed E-state index contributed by atoms with van der Waals surface area (Å²) >= 11 is 0. The zero-order valence-corrected chi connectivity index (χ0v) is 12.5. The number of hydrogen-bond acceptors (Lipinski definition) is 3. The summed E-state index contributed by atoms with van der Waals surface area (Å²) in [5.74, 6) is 0. The molecule has 1 aromatic carbocycles. The maximum absolute atomic E-state index is 5.38. The molecule has 0 saturated carbocycles. The number of methoxy groups -OCH3 is 1. The van der Waals surface area contributed by atoms with E-state index < -0.39 is 0 Å². The number of nitrogens with one attached hydrogen (secondary N) is 1. The van der Waals surface area contributed by atoms with Gasteiger partial charge in [-0.25, -0.2) is 0 Å². The van der Waals surface area contributed by atoms with Gasteiger partial charge in [-0.15, -0.1) is 0 Å². The average molecular weight is 273 g/mol. The van der Waals surface area contributed by atoms with Gasteiger partial charge in [0, 0.05) is 32.0 Å². The molecule has 1 N–H and O–H groups in total.